The molecule has 0 spiro atoms. The van der Waals surface area contributed by atoms with Crippen LogP contribution in [0.2, 0.25) is 0 Å². The second kappa shape index (κ2) is 5.06. The maximum Gasteiger partial charge on any atom is 0.313 e. The molecule has 0 bridgehead atoms. The highest BCUT2D eigenvalue weighted by Crippen LogP contribution is 2.32. The number of nitrogen functional groups attached to an aromatic ring is 1. The smallest absolute Gasteiger partial charge is 0.313 e. The lowest BCUT2D eigenvalue weighted by molar-refractivity contribution is -0.385. The normalized spacial score (nSPS) is 9.63. The van der Waals surface area contributed by atoms with E-state index in [4.69, 9.17) is 15.7 Å². The van der Waals surface area contributed by atoms with Crippen LogP contribution in [0.3, 0.4) is 0 Å². The van der Waals surface area contributed by atoms with Gasteiger partial charge in [0.15, 0.2) is 0 Å². The molecule has 2 rings (SSSR count). The fourth-order valence-corrected chi connectivity index (χ4v) is 1.52. The molecule has 0 aliphatic rings. The number of nitrogens with zero attached hydrogens (tertiary/aromatic N) is 2. The van der Waals surface area contributed by atoms with Gasteiger partial charge in [-0.25, -0.2) is 0 Å². The zero-order chi connectivity index (χ0) is 13.8. The summed E-state index contributed by atoms with van der Waals surface area (Å²) < 4.78 is 5.42. The third kappa shape index (κ3) is 2.79. The first-order chi connectivity index (χ1) is 9.10. The number of hydrogen-bond acceptors (Lipinski definition) is 5. The highest BCUT2D eigenvalue weighted by molar-refractivity contribution is 5.57. The predicted molar refractivity (Wildman–Crippen MR) is 68.7 cm³/mol. The monoisotopic (exact) mass is 255 g/mol. The Morgan fingerprint density at radius 1 is 1.26 bits per heavy atom. The molecule has 0 aliphatic carbocycles. The van der Waals surface area contributed by atoms with E-state index in [1.54, 1.807) is 18.2 Å². The molecule has 0 aromatic heterocycles. The molecule has 0 saturated carbocycles. The molecule has 0 heterocycles. The number of anilines is 1. The molecule has 2 N–H and O–H groups in total. The van der Waals surface area contributed by atoms with Gasteiger partial charge in [-0.3, -0.25) is 10.1 Å². The second-order valence-corrected chi connectivity index (χ2v) is 3.73. The maximum absolute atomic E-state index is 10.9. The van der Waals surface area contributed by atoms with E-state index in [1.807, 2.05) is 6.07 Å². The Hall–Kier alpha value is -3.07. The Balaban J connectivity index is 2.38. The Morgan fingerprint density at radius 3 is 2.74 bits per heavy atom. The van der Waals surface area contributed by atoms with Gasteiger partial charge in [0.1, 0.15) is 5.75 Å². The van der Waals surface area contributed by atoms with Gasteiger partial charge in [0.05, 0.1) is 16.6 Å². The molecule has 0 fully saturated rings. The lowest BCUT2D eigenvalue weighted by Crippen LogP contribution is -1.95. The first-order valence-electron chi connectivity index (χ1n) is 5.32. The average Bonchev–Trinajstić information content (AvgIpc) is 2.41. The Kier molecular flexibility index (Phi) is 3.30. The van der Waals surface area contributed by atoms with Crippen LogP contribution in [0.1, 0.15) is 5.56 Å². The summed E-state index contributed by atoms with van der Waals surface area (Å²) in [5.74, 6) is 0.432. The van der Waals surface area contributed by atoms with E-state index >= 15 is 0 Å². The second-order valence-electron chi connectivity index (χ2n) is 3.73. The number of benzene rings is 2. The lowest BCUT2D eigenvalue weighted by Gasteiger charge is -2.06. The molecular formula is C13H9N3O3. The van der Waals surface area contributed by atoms with Crippen molar-refractivity contribution >= 4 is 11.4 Å². The van der Waals surface area contributed by atoms with E-state index < -0.39 is 4.92 Å². The van der Waals surface area contributed by atoms with E-state index in [1.165, 1.54) is 24.3 Å². The number of nitrogens with two attached hydrogens (primary N) is 1. The van der Waals surface area contributed by atoms with E-state index in [2.05, 4.69) is 0 Å². The first kappa shape index (κ1) is 12.4. The maximum atomic E-state index is 10.9. The minimum Gasteiger partial charge on any atom is -0.450 e. The van der Waals surface area contributed by atoms with Gasteiger partial charge in [0.25, 0.3) is 0 Å². The van der Waals surface area contributed by atoms with Crippen LogP contribution in [0.5, 0.6) is 11.5 Å². The zero-order valence-electron chi connectivity index (χ0n) is 9.74. The minimum absolute atomic E-state index is 0.0780. The Labute approximate surface area is 108 Å². The van der Waals surface area contributed by atoms with Crippen LogP contribution in [0.4, 0.5) is 11.4 Å². The van der Waals surface area contributed by atoms with Crippen molar-refractivity contribution in [2.24, 2.45) is 0 Å². The van der Waals surface area contributed by atoms with Crippen LogP contribution in [0, 0.1) is 21.4 Å². The summed E-state index contributed by atoms with van der Waals surface area (Å²) in [6, 6.07) is 12.5. The fraction of sp³-hybridized carbons (Fsp3) is 0. The standard InChI is InChI=1S/C13H9N3O3/c14-8-9-2-1-3-11(6-9)19-13-5-4-10(15)7-12(13)16(17)18/h1-7H,15H2. The van der Waals surface area contributed by atoms with E-state index in [-0.39, 0.29) is 17.1 Å². The number of hydrogen-bond donors (Lipinski definition) is 1. The summed E-state index contributed by atoms with van der Waals surface area (Å²) in [6.07, 6.45) is 0. The van der Waals surface area contributed by atoms with Crippen molar-refractivity contribution < 1.29 is 9.66 Å². The molecule has 0 aliphatic heterocycles. The van der Waals surface area contributed by atoms with Gasteiger partial charge in [-0.2, -0.15) is 5.26 Å². The lowest BCUT2D eigenvalue weighted by atomic mass is 10.2. The molecule has 2 aromatic rings. The van der Waals surface area contributed by atoms with Gasteiger partial charge in [-0.1, -0.05) is 6.07 Å². The van der Waals surface area contributed by atoms with Crippen molar-refractivity contribution in [1.29, 1.82) is 5.26 Å². The van der Waals surface area contributed by atoms with Gasteiger partial charge in [-0.05, 0) is 30.3 Å². The molecule has 0 amide bonds. The largest absolute Gasteiger partial charge is 0.450 e. The van der Waals surface area contributed by atoms with Gasteiger partial charge < -0.3 is 10.5 Å². The third-order valence-corrected chi connectivity index (χ3v) is 2.37. The van der Waals surface area contributed by atoms with Crippen molar-refractivity contribution in [2.45, 2.75) is 0 Å². The fourth-order valence-electron chi connectivity index (χ4n) is 1.52. The molecule has 6 heteroatoms. The van der Waals surface area contributed by atoms with Gasteiger partial charge in [0, 0.05) is 11.8 Å². The SMILES string of the molecule is N#Cc1cccc(Oc2ccc(N)cc2[N+](=O)[O-])c1. The third-order valence-electron chi connectivity index (χ3n) is 2.37. The number of rotatable bonds is 3. The molecule has 94 valence electrons. The Morgan fingerprint density at radius 2 is 2.05 bits per heavy atom. The first-order valence-corrected chi connectivity index (χ1v) is 5.32. The molecule has 6 nitrogen and oxygen atoms in total. The number of nitriles is 1. The molecule has 0 radical (unpaired) electrons. The molecule has 2 aromatic carbocycles. The van der Waals surface area contributed by atoms with Crippen LogP contribution in [-0.4, -0.2) is 4.92 Å². The molecule has 0 atom stereocenters. The summed E-state index contributed by atoms with van der Waals surface area (Å²) in [4.78, 5) is 10.3. The molecule has 19 heavy (non-hydrogen) atoms. The molecule has 0 unspecified atom stereocenters. The van der Waals surface area contributed by atoms with Crippen LogP contribution in [0.25, 0.3) is 0 Å². The predicted octanol–water partition coefficient (Wildman–Crippen LogP) is 2.84. The topological polar surface area (TPSA) is 102 Å². The number of ether oxygens (including phenoxy) is 1. The van der Waals surface area contributed by atoms with Crippen molar-refractivity contribution in [1.82, 2.24) is 0 Å². The summed E-state index contributed by atoms with van der Waals surface area (Å²) in [5, 5.41) is 19.7. The zero-order valence-corrected chi connectivity index (χ0v) is 9.74. The van der Waals surface area contributed by atoms with E-state index in [0.29, 0.717) is 11.3 Å². The highest BCUT2D eigenvalue weighted by Gasteiger charge is 2.16. The van der Waals surface area contributed by atoms with Crippen molar-refractivity contribution in [3.8, 4) is 17.6 Å². The number of nitro groups is 1. The summed E-state index contributed by atoms with van der Waals surface area (Å²) in [7, 11) is 0. The van der Waals surface area contributed by atoms with E-state index in [9.17, 15) is 10.1 Å². The van der Waals surface area contributed by atoms with E-state index in [0.717, 1.165) is 0 Å². The highest BCUT2D eigenvalue weighted by atomic mass is 16.6. The number of nitro benzene ring substituents is 1. The Bertz CT molecular complexity index is 677. The van der Waals surface area contributed by atoms with Crippen molar-refractivity contribution in [3.05, 3.63) is 58.1 Å². The van der Waals surface area contributed by atoms with Crippen LogP contribution in [-0.2, 0) is 0 Å². The van der Waals surface area contributed by atoms with Crippen molar-refractivity contribution in [2.75, 3.05) is 5.73 Å². The van der Waals surface area contributed by atoms with Crippen LogP contribution in [0.15, 0.2) is 42.5 Å². The molecular weight excluding hydrogens is 246 g/mol. The average molecular weight is 255 g/mol. The summed E-state index contributed by atoms with van der Waals surface area (Å²) in [5.41, 5.74) is 5.98. The van der Waals surface area contributed by atoms with Crippen LogP contribution >= 0.6 is 0 Å². The van der Waals surface area contributed by atoms with Crippen LogP contribution < -0.4 is 10.5 Å². The van der Waals surface area contributed by atoms with Gasteiger partial charge >= 0.3 is 5.69 Å². The summed E-state index contributed by atoms with van der Waals surface area (Å²) in [6.45, 7) is 0. The summed E-state index contributed by atoms with van der Waals surface area (Å²) >= 11 is 0. The van der Waals surface area contributed by atoms with Crippen molar-refractivity contribution in [3.63, 3.8) is 0 Å². The van der Waals surface area contributed by atoms with Gasteiger partial charge in [-0.15, -0.1) is 0 Å². The minimum atomic E-state index is -0.570. The quantitative estimate of drug-likeness (QED) is 0.516. The van der Waals surface area contributed by atoms with Gasteiger partial charge in [0.2, 0.25) is 5.75 Å². The molecule has 0 saturated heterocycles.